The first-order chi connectivity index (χ1) is 12.9. The maximum Gasteiger partial charge on any atom is 0.337 e. The summed E-state index contributed by atoms with van der Waals surface area (Å²) in [6.45, 7) is 5.67. The zero-order chi connectivity index (χ0) is 19.6. The first-order valence-electron chi connectivity index (χ1n) is 8.67. The van der Waals surface area contributed by atoms with E-state index in [1.54, 1.807) is 6.92 Å². The Kier molecular flexibility index (Phi) is 5.61. The molecule has 5 heteroatoms. The minimum Gasteiger partial charge on any atom is -0.478 e. The molecule has 0 bridgehead atoms. The Balaban J connectivity index is 2.15. The first kappa shape index (κ1) is 19.1. The highest BCUT2D eigenvalue weighted by Crippen LogP contribution is 2.39. The van der Waals surface area contributed by atoms with Crippen LogP contribution in [0.15, 0.2) is 53.1 Å². The lowest BCUT2D eigenvalue weighted by molar-refractivity contribution is 0.0695. The molecule has 4 nitrogen and oxygen atoms in total. The van der Waals surface area contributed by atoms with Crippen LogP contribution in [0.4, 0.5) is 0 Å². The van der Waals surface area contributed by atoms with Gasteiger partial charge in [0.25, 0.3) is 0 Å². The molecular weight excluding hydrogens is 406 g/mol. The fraction of sp³-hybridized carbons (Fsp3) is 0.182. The van der Waals surface area contributed by atoms with Crippen LogP contribution >= 0.6 is 15.9 Å². The van der Waals surface area contributed by atoms with Crippen molar-refractivity contribution >= 4 is 21.9 Å². The Bertz CT molecular complexity index is 1010. The average Bonchev–Trinajstić information content (AvgIpc) is 2.65. The van der Waals surface area contributed by atoms with Crippen molar-refractivity contribution < 1.29 is 14.6 Å². The summed E-state index contributed by atoms with van der Waals surface area (Å²) in [6.07, 6.45) is 2.27. The Morgan fingerprint density at radius 2 is 1.89 bits per heavy atom. The molecule has 0 fully saturated rings. The highest BCUT2D eigenvalue weighted by molar-refractivity contribution is 9.10. The van der Waals surface area contributed by atoms with E-state index in [2.05, 4.69) is 40.0 Å². The number of carboxylic acids is 1. The third-order valence-electron chi connectivity index (χ3n) is 4.53. The molecule has 0 saturated heterocycles. The molecule has 27 heavy (non-hydrogen) atoms. The van der Waals surface area contributed by atoms with Crippen LogP contribution in [-0.2, 0) is 6.42 Å². The van der Waals surface area contributed by atoms with Gasteiger partial charge in [0.1, 0.15) is 5.75 Å². The van der Waals surface area contributed by atoms with Gasteiger partial charge in [0, 0.05) is 21.8 Å². The number of rotatable bonds is 5. The summed E-state index contributed by atoms with van der Waals surface area (Å²) >= 11 is 3.54. The summed E-state index contributed by atoms with van der Waals surface area (Å²) in [5.41, 5.74) is 4.60. The van der Waals surface area contributed by atoms with Crippen LogP contribution in [0.25, 0.3) is 11.1 Å². The zero-order valence-corrected chi connectivity index (χ0v) is 17.0. The van der Waals surface area contributed by atoms with Gasteiger partial charge in [0.2, 0.25) is 0 Å². The number of hydrogen-bond acceptors (Lipinski definition) is 3. The van der Waals surface area contributed by atoms with Gasteiger partial charge >= 0.3 is 5.97 Å². The number of carboxylic acid groups (broad SMARTS) is 1. The van der Waals surface area contributed by atoms with Crippen molar-refractivity contribution in [3.05, 3.63) is 75.5 Å². The molecule has 0 saturated carbocycles. The molecule has 0 aliphatic rings. The van der Waals surface area contributed by atoms with E-state index in [1.807, 2.05) is 37.3 Å². The van der Waals surface area contributed by atoms with Gasteiger partial charge in [-0.1, -0.05) is 47.1 Å². The van der Waals surface area contributed by atoms with E-state index in [0.29, 0.717) is 22.8 Å². The molecule has 1 aromatic heterocycles. The number of hydrogen-bond donors (Lipinski definition) is 1. The van der Waals surface area contributed by atoms with Gasteiger partial charge in [-0.05, 0) is 49.6 Å². The number of aromatic carboxylic acids is 1. The Hall–Kier alpha value is -2.66. The van der Waals surface area contributed by atoms with Crippen molar-refractivity contribution in [1.82, 2.24) is 4.98 Å². The number of nitrogens with zero attached hydrogens (tertiary/aromatic N) is 1. The van der Waals surface area contributed by atoms with Gasteiger partial charge in [-0.2, -0.15) is 0 Å². The number of ether oxygens (including phenoxy) is 1. The SMILES string of the molecule is CCc1ccccc1-c1cc(Br)ccc1Oc1c(C)ncc(C(=O)O)c1C. The van der Waals surface area contributed by atoms with Crippen molar-refractivity contribution in [1.29, 1.82) is 0 Å². The van der Waals surface area contributed by atoms with Crippen molar-refractivity contribution in [3.63, 3.8) is 0 Å². The molecule has 0 spiro atoms. The van der Waals surface area contributed by atoms with Crippen LogP contribution in [-0.4, -0.2) is 16.1 Å². The van der Waals surface area contributed by atoms with Crippen LogP contribution in [0.5, 0.6) is 11.5 Å². The van der Waals surface area contributed by atoms with Crippen LogP contribution in [0.2, 0.25) is 0 Å². The average molecular weight is 426 g/mol. The third-order valence-corrected chi connectivity index (χ3v) is 5.03. The molecule has 1 N–H and O–H groups in total. The predicted molar refractivity (Wildman–Crippen MR) is 110 cm³/mol. The van der Waals surface area contributed by atoms with Gasteiger partial charge in [-0.3, -0.25) is 4.98 Å². The van der Waals surface area contributed by atoms with E-state index >= 15 is 0 Å². The van der Waals surface area contributed by atoms with E-state index in [4.69, 9.17) is 4.74 Å². The van der Waals surface area contributed by atoms with E-state index in [0.717, 1.165) is 22.0 Å². The molecule has 2 aromatic carbocycles. The minimum absolute atomic E-state index is 0.142. The molecule has 1 heterocycles. The standard InChI is InChI=1S/C22H20BrNO3/c1-4-15-7-5-6-8-17(15)18-11-16(23)9-10-20(18)27-21-13(2)19(22(25)26)12-24-14(21)3/h5-12H,4H2,1-3H3,(H,25,26). The van der Waals surface area contributed by atoms with Crippen LogP contribution in [0.1, 0.15) is 34.1 Å². The van der Waals surface area contributed by atoms with Crippen LogP contribution in [0.3, 0.4) is 0 Å². The van der Waals surface area contributed by atoms with Crippen LogP contribution < -0.4 is 4.74 Å². The topological polar surface area (TPSA) is 59.4 Å². The van der Waals surface area contributed by atoms with Gasteiger partial charge in [-0.15, -0.1) is 0 Å². The third kappa shape index (κ3) is 3.88. The maximum atomic E-state index is 11.5. The highest BCUT2D eigenvalue weighted by atomic mass is 79.9. The molecule has 0 aliphatic heterocycles. The highest BCUT2D eigenvalue weighted by Gasteiger charge is 2.18. The lowest BCUT2D eigenvalue weighted by atomic mass is 9.97. The molecule has 0 amide bonds. The van der Waals surface area contributed by atoms with Gasteiger partial charge < -0.3 is 9.84 Å². The molecule has 3 rings (SSSR count). The second kappa shape index (κ2) is 7.92. The summed E-state index contributed by atoms with van der Waals surface area (Å²) < 4.78 is 7.17. The fourth-order valence-electron chi connectivity index (χ4n) is 3.08. The smallest absolute Gasteiger partial charge is 0.337 e. The van der Waals surface area contributed by atoms with Crippen molar-refractivity contribution in [2.24, 2.45) is 0 Å². The fourth-order valence-corrected chi connectivity index (χ4v) is 3.44. The number of halogens is 1. The van der Waals surface area contributed by atoms with Crippen molar-refractivity contribution in [2.45, 2.75) is 27.2 Å². The maximum absolute atomic E-state index is 11.5. The molecule has 3 aromatic rings. The summed E-state index contributed by atoms with van der Waals surface area (Å²) in [5.74, 6) is 0.124. The van der Waals surface area contributed by atoms with E-state index in [-0.39, 0.29) is 5.56 Å². The van der Waals surface area contributed by atoms with Crippen LogP contribution in [0, 0.1) is 13.8 Å². The quantitative estimate of drug-likeness (QED) is 0.529. The number of pyridine rings is 1. The number of aryl methyl sites for hydroxylation is 2. The van der Waals surface area contributed by atoms with Crippen molar-refractivity contribution in [2.75, 3.05) is 0 Å². The van der Waals surface area contributed by atoms with E-state index < -0.39 is 5.97 Å². The number of benzene rings is 2. The zero-order valence-electron chi connectivity index (χ0n) is 15.4. The molecular formula is C22H20BrNO3. The summed E-state index contributed by atoms with van der Waals surface area (Å²) in [4.78, 5) is 15.6. The number of carbonyl (C=O) groups is 1. The second-order valence-electron chi connectivity index (χ2n) is 6.27. The molecule has 0 aliphatic carbocycles. The van der Waals surface area contributed by atoms with Gasteiger partial charge in [0.15, 0.2) is 5.75 Å². The van der Waals surface area contributed by atoms with Gasteiger partial charge in [0.05, 0.1) is 11.3 Å². The van der Waals surface area contributed by atoms with E-state index in [9.17, 15) is 9.90 Å². The lowest BCUT2D eigenvalue weighted by Gasteiger charge is -2.17. The summed E-state index contributed by atoms with van der Waals surface area (Å²) in [7, 11) is 0. The molecule has 0 atom stereocenters. The van der Waals surface area contributed by atoms with Gasteiger partial charge in [-0.25, -0.2) is 4.79 Å². The first-order valence-corrected chi connectivity index (χ1v) is 9.46. The Labute approximate surface area is 167 Å². The minimum atomic E-state index is -1.02. The molecule has 138 valence electrons. The summed E-state index contributed by atoms with van der Waals surface area (Å²) in [6, 6.07) is 14.0. The Morgan fingerprint density at radius 1 is 1.15 bits per heavy atom. The second-order valence-corrected chi connectivity index (χ2v) is 7.19. The largest absolute Gasteiger partial charge is 0.478 e. The lowest BCUT2D eigenvalue weighted by Crippen LogP contribution is -2.05. The van der Waals surface area contributed by atoms with Crippen molar-refractivity contribution in [3.8, 4) is 22.6 Å². The normalized spacial score (nSPS) is 10.7. The number of aromatic nitrogens is 1. The Morgan fingerprint density at radius 3 is 2.59 bits per heavy atom. The predicted octanol–water partition coefficient (Wildman–Crippen LogP) is 6.18. The van der Waals surface area contributed by atoms with E-state index in [1.165, 1.54) is 11.8 Å². The summed E-state index contributed by atoms with van der Waals surface area (Å²) in [5, 5.41) is 9.38. The molecule has 0 unspecified atom stereocenters. The monoisotopic (exact) mass is 425 g/mol. The molecule has 0 radical (unpaired) electrons.